The van der Waals surface area contributed by atoms with Crippen LogP contribution in [0.25, 0.3) is 0 Å². The number of carbonyl (C=O) groups is 1. The van der Waals surface area contributed by atoms with E-state index in [0.29, 0.717) is 6.54 Å². The fourth-order valence-electron chi connectivity index (χ4n) is 2.67. The highest BCUT2D eigenvalue weighted by molar-refractivity contribution is 5.96. The molecule has 0 fully saturated rings. The lowest BCUT2D eigenvalue weighted by atomic mass is 10.0. The largest absolute Gasteiger partial charge is 0.366 e. The quantitative estimate of drug-likeness (QED) is 0.553. The summed E-state index contributed by atoms with van der Waals surface area (Å²) < 4.78 is 0. The van der Waals surface area contributed by atoms with Crippen LogP contribution in [0.5, 0.6) is 0 Å². The van der Waals surface area contributed by atoms with E-state index in [4.69, 9.17) is 0 Å². The van der Waals surface area contributed by atoms with E-state index in [9.17, 15) is 4.79 Å². The molecule has 0 aliphatic rings. The summed E-state index contributed by atoms with van der Waals surface area (Å²) in [5, 5.41) is 0. The molecule has 0 bridgehead atoms. The smallest absolute Gasteiger partial charge is 0.253 e. The first-order chi connectivity index (χ1) is 12.4. The van der Waals surface area contributed by atoms with Crippen LogP contribution in [0.1, 0.15) is 34.0 Å². The Morgan fingerprint density at radius 1 is 1.04 bits per heavy atom. The lowest BCUT2D eigenvalue weighted by molar-refractivity contribution is 0.0796. The fraction of sp³-hybridized carbons (Fsp3) is 0.364. The van der Waals surface area contributed by atoms with Gasteiger partial charge in [-0.05, 0) is 56.0 Å². The molecule has 0 aliphatic heterocycles. The van der Waals surface area contributed by atoms with Gasteiger partial charge in [0.1, 0.15) is 0 Å². The second-order valence-electron chi connectivity index (χ2n) is 6.66. The van der Waals surface area contributed by atoms with Gasteiger partial charge < -0.3 is 9.80 Å². The molecule has 138 valence electrons. The van der Waals surface area contributed by atoms with Crippen molar-refractivity contribution in [2.24, 2.45) is 4.99 Å². The predicted molar refractivity (Wildman–Crippen MR) is 109 cm³/mol. The molecule has 26 heavy (non-hydrogen) atoms. The topological polar surface area (TPSA) is 35.9 Å². The van der Waals surface area contributed by atoms with Crippen molar-refractivity contribution in [3.05, 3.63) is 64.7 Å². The molecule has 2 rings (SSSR count). The summed E-state index contributed by atoms with van der Waals surface area (Å²) in [6.07, 6.45) is 2.68. The summed E-state index contributed by atoms with van der Waals surface area (Å²) in [4.78, 5) is 21.2. The second kappa shape index (κ2) is 9.18. The fourth-order valence-corrected chi connectivity index (χ4v) is 2.67. The molecule has 4 heteroatoms. The molecule has 0 radical (unpaired) electrons. The van der Waals surface area contributed by atoms with Crippen molar-refractivity contribution in [1.82, 2.24) is 9.80 Å². The van der Waals surface area contributed by atoms with Gasteiger partial charge in [0.05, 0.1) is 12.0 Å². The van der Waals surface area contributed by atoms with Crippen molar-refractivity contribution in [3.8, 4) is 0 Å². The highest BCUT2D eigenvalue weighted by Crippen LogP contribution is 2.25. The summed E-state index contributed by atoms with van der Waals surface area (Å²) in [5.41, 5.74) is 4.94. The maximum atomic E-state index is 12.8. The average Bonchev–Trinajstić information content (AvgIpc) is 2.67. The standard InChI is InChI=1S/C22H29N3O/c1-6-24(4)16-23-21-13-12-20(17(2)18(21)3)22(26)25(5)15-14-19-10-8-7-9-11-19/h7-13,16H,6,14-15H2,1-5H3. The van der Waals surface area contributed by atoms with Gasteiger partial charge in [-0.1, -0.05) is 30.3 Å². The van der Waals surface area contributed by atoms with Crippen LogP contribution in [0.2, 0.25) is 0 Å². The first-order valence-corrected chi connectivity index (χ1v) is 9.08. The van der Waals surface area contributed by atoms with Gasteiger partial charge in [0, 0.05) is 32.7 Å². The van der Waals surface area contributed by atoms with Crippen LogP contribution in [0.15, 0.2) is 47.5 Å². The maximum Gasteiger partial charge on any atom is 0.253 e. The van der Waals surface area contributed by atoms with Gasteiger partial charge in [0.25, 0.3) is 5.91 Å². The number of rotatable bonds is 7. The zero-order chi connectivity index (χ0) is 19.1. The van der Waals surface area contributed by atoms with Crippen molar-refractivity contribution >= 4 is 17.9 Å². The Bertz CT molecular complexity index is 768. The summed E-state index contributed by atoms with van der Waals surface area (Å²) >= 11 is 0. The maximum absolute atomic E-state index is 12.8. The molecule has 0 aliphatic carbocycles. The van der Waals surface area contributed by atoms with Crippen molar-refractivity contribution in [3.63, 3.8) is 0 Å². The summed E-state index contributed by atoms with van der Waals surface area (Å²) in [5.74, 6) is 0.0581. The molecule has 2 aromatic carbocycles. The van der Waals surface area contributed by atoms with Crippen molar-refractivity contribution in [1.29, 1.82) is 0 Å². The molecular weight excluding hydrogens is 322 g/mol. The van der Waals surface area contributed by atoms with Gasteiger partial charge in [-0.25, -0.2) is 4.99 Å². The molecule has 2 aromatic rings. The van der Waals surface area contributed by atoms with Gasteiger partial charge in [-0.2, -0.15) is 0 Å². The van der Waals surface area contributed by atoms with Gasteiger partial charge in [-0.15, -0.1) is 0 Å². The van der Waals surface area contributed by atoms with Gasteiger partial charge >= 0.3 is 0 Å². The molecular formula is C22H29N3O. The summed E-state index contributed by atoms with van der Waals surface area (Å²) in [6.45, 7) is 7.70. The summed E-state index contributed by atoms with van der Waals surface area (Å²) in [7, 11) is 3.85. The van der Waals surface area contributed by atoms with Crippen LogP contribution in [0.4, 0.5) is 5.69 Å². The molecule has 0 spiro atoms. The molecule has 0 saturated carbocycles. The molecule has 0 atom stereocenters. The SMILES string of the molecule is CCN(C)C=Nc1ccc(C(=O)N(C)CCc2ccccc2)c(C)c1C. The van der Waals surface area contributed by atoms with Crippen molar-refractivity contribution < 1.29 is 4.79 Å². The van der Waals surface area contributed by atoms with Crippen LogP contribution in [0.3, 0.4) is 0 Å². The van der Waals surface area contributed by atoms with E-state index in [1.165, 1.54) is 5.56 Å². The Morgan fingerprint density at radius 3 is 2.38 bits per heavy atom. The highest BCUT2D eigenvalue weighted by atomic mass is 16.2. The van der Waals surface area contributed by atoms with E-state index >= 15 is 0 Å². The minimum Gasteiger partial charge on any atom is -0.366 e. The zero-order valence-electron chi connectivity index (χ0n) is 16.5. The van der Waals surface area contributed by atoms with E-state index in [0.717, 1.165) is 35.3 Å². The number of amides is 1. The van der Waals surface area contributed by atoms with Crippen LogP contribution in [-0.2, 0) is 6.42 Å². The number of hydrogen-bond acceptors (Lipinski definition) is 2. The average molecular weight is 351 g/mol. The molecule has 1 amide bonds. The predicted octanol–water partition coefficient (Wildman–Crippen LogP) is 4.23. The Balaban J connectivity index is 2.10. The van der Waals surface area contributed by atoms with Gasteiger partial charge in [-0.3, -0.25) is 4.79 Å². The van der Waals surface area contributed by atoms with Gasteiger partial charge in [0.2, 0.25) is 0 Å². The van der Waals surface area contributed by atoms with E-state index in [1.807, 2.05) is 69.5 Å². The Labute approximate surface area is 157 Å². The number of hydrogen-bond donors (Lipinski definition) is 0. The highest BCUT2D eigenvalue weighted by Gasteiger charge is 2.16. The number of aliphatic imine (C=N–C) groups is 1. The monoisotopic (exact) mass is 351 g/mol. The minimum atomic E-state index is 0.0581. The molecule has 0 N–H and O–H groups in total. The number of nitrogens with zero attached hydrogens (tertiary/aromatic N) is 3. The minimum absolute atomic E-state index is 0.0581. The second-order valence-corrected chi connectivity index (χ2v) is 6.66. The van der Waals surface area contributed by atoms with Crippen LogP contribution < -0.4 is 0 Å². The van der Waals surface area contributed by atoms with Crippen LogP contribution in [-0.4, -0.2) is 49.2 Å². The molecule has 0 heterocycles. The normalized spacial score (nSPS) is 11.0. The lowest BCUT2D eigenvalue weighted by Crippen LogP contribution is -2.29. The molecule has 4 nitrogen and oxygen atoms in total. The van der Waals surface area contributed by atoms with E-state index < -0.39 is 0 Å². The van der Waals surface area contributed by atoms with Crippen molar-refractivity contribution in [2.75, 3.05) is 27.2 Å². The zero-order valence-corrected chi connectivity index (χ0v) is 16.5. The Hall–Kier alpha value is -2.62. The lowest BCUT2D eigenvalue weighted by Gasteiger charge is -2.20. The first-order valence-electron chi connectivity index (χ1n) is 9.08. The Kier molecular flexibility index (Phi) is 6.96. The number of benzene rings is 2. The van der Waals surface area contributed by atoms with E-state index in [1.54, 1.807) is 4.90 Å². The molecule has 0 saturated heterocycles. The number of carbonyl (C=O) groups excluding carboxylic acids is 1. The van der Waals surface area contributed by atoms with Crippen molar-refractivity contribution in [2.45, 2.75) is 27.2 Å². The van der Waals surface area contributed by atoms with Crippen LogP contribution >= 0.6 is 0 Å². The molecule has 0 aromatic heterocycles. The van der Waals surface area contributed by atoms with Crippen LogP contribution in [0, 0.1) is 13.8 Å². The third-order valence-corrected chi connectivity index (χ3v) is 4.81. The Morgan fingerprint density at radius 2 is 1.73 bits per heavy atom. The number of likely N-dealkylation sites (N-methyl/N-ethyl adjacent to an activating group) is 1. The van der Waals surface area contributed by atoms with E-state index in [-0.39, 0.29) is 5.91 Å². The molecule has 0 unspecified atom stereocenters. The summed E-state index contributed by atoms with van der Waals surface area (Å²) in [6, 6.07) is 14.1. The van der Waals surface area contributed by atoms with E-state index in [2.05, 4.69) is 24.0 Å². The van der Waals surface area contributed by atoms with Gasteiger partial charge in [0.15, 0.2) is 0 Å². The third-order valence-electron chi connectivity index (χ3n) is 4.81. The first kappa shape index (κ1) is 19.7. The third kappa shape index (κ3) is 4.94.